The number of benzene rings is 1. The molecular weight excluding hydrogens is 186 g/mol. The minimum absolute atomic E-state index is 1.02. The summed E-state index contributed by atoms with van der Waals surface area (Å²) in [7, 11) is 1.90. The Morgan fingerprint density at radius 1 is 1.27 bits per heavy atom. The van der Waals surface area contributed by atoms with Gasteiger partial charge in [-0.05, 0) is 18.2 Å². The van der Waals surface area contributed by atoms with Gasteiger partial charge in [-0.2, -0.15) is 0 Å². The first-order valence-electron chi connectivity index (χ1n) is 4.93. The predicted octanol–water partition coefficient (Wildman–Crippen LogP) is 2.76. The van der Waals surface area contributed by atoms with Crippen molar-refractivity contribution in [3.8, 4) is 0 Å². The van der Waals surface area contributed by atoms with Crippen molar-refractivity contribution in [2.24, 2.45) is 0 Å². The number of H-pyrrole nitrogens is 1. The summed E-state index contributed by atoms with van der Waals surface area (Å²) >= 11 is 0. The number of pyridine rings is 1. The van der Waals surface area contributed by atoms with Gasteiger partial charge in [0.15, 0.2) is 0 Å². The lowest BCUT2D eigenvalue weighted by atomic mass is 10.1. The quantitative estimate of drug-likeness (QED) is 0.629. The summed E-state index contributed by atoms with van der Waals surface area (Å²) in [6, 6.07) is 10.3. The molecule has 0 aliphatic heterocycles. The predicted molar refractivity (Wildman–Crippen MR) is 63.1 cm³/mol. The van der Waals surface area contributed by atoms with E-state index in [-0.39, 0.29) is 0 Å². The van der Waals surface area contributed by atoms with E-state index in [9.17, 15) is 0 Å². The van der Waals surface area contributed by atoms with Crippen molar-refractivity contribution < 1.29 is 0 Å². The molecule has 2 aromatic heterocycles. The van der Waals surface area contributed by atoms with Gasteiger partial charge in [-0.3, -0.25) is 4.98 Å². The van der Waals surface area contributed by atoms with Gasteiger partial charge < -0.3 is 10.3 Å². The van der Waals surface area contributed by atoms with Gasteiger partial charge in [0.25, 0.3) is 0 Å². The van der Waals surface area contributed by atoms with Gasteiger partial charge in [0.1, 0.15) is 5.82 Å². The Hall–Kier alpha value is -2.03. The van der Waals surface area contributed by atoms with Crippen LogP contribution in [-0.4, -0.2) is 17.0 Å². The topological polar surface area (TPSA) is 40.7 Å². The SMILES string of the molecule is CNc1cc2c(ccc3cccnc32)[nH]1. The summed E-state index contributed by atoms with van der Waals surface area (Å²) < 4.78 is 0. The summed E-state index contributed by atoms with van der Waals surface area (Å²) in [6.07, 6.45) is 1.83. The fourth-order valence-corrected chi connectivity index (χ4v) is 1.88. The van der Waals surface area contributed by atoms with Crippen molar-refractivity contribution in [1.29, 1.82) is 0 Å². The summed E-state index contributed by atoms with van der Waals surface area (Å²) in [5.74, 6) is 1.02. The minimum Gasteiger partial charge on any atom is -0.375 e. The molecule has 0 aliphatic rings. The molecule has 0 aliphatic carbocycles. The van der Waals surface area contributed by atoms with E-state index in [4.69, 9.17) is 0 Å². The molecule has 0 spiro atoms. The first kappa shape index (κ1) is 8.29. The Morgan fingerprint density at radius 3 is 3.07 bits per heavy atom. The van der Waals surface area contributed by atoms with Crippen molar-refractivity contribution >= 4 is 27.6 Å². The molecule has 0 radical (unpaired) electrons. The lowest BCUT2D eigenvalue weighted by molar-refractivity contribution is 1.39. The van der Waals surface area contributed by atoms with Crippen LogP contribution >= 0.6 is 0 Å². The number of nitrogens with one attached hydrogen (secondary N) is 2. The molecule has 3 nitrogen and oxygen atoms in total. The molecule has 0 amide bonds. The largest absolute Gasteiger partial charge is 0.375 e. The molecule has 3 heteroatoms. The highest BCUT2D eigenvalue weighted by atomic mass is 15.0. The molecule has 0 saturated carbocycles. The van der Waals surface area contributed by atoms with Crippen molar-refractivity contribution in [1.82, 2.24) is 9.97 Å². The lowest BCUT2D eigenvalue weighted by Gasteiger charge is -1.96. The number of hydrogen-bond donors (Lipinski definition) is 2. The van der Waals surface area contributed by atoms with Crippen LogP contribution in [0.1, 0.15) is 0 Å². The molecule has 0 bridgehead atoms. The smallest absolute Gasteiger partial charge is 0.104 e. The highest BCUT2D eigenvalue weighted by molar-refractivity contribution is 6.05. The van der Waals surface area contributed by atoms with E-state index >= 15 is 0 Å². The van der Waals surface area contributed by atoms with Crippen molar-refractivity contribution in [3.05, 3.63) is 36.5 Å². The average Bonchev–Trinajstić information content (AvgIpc) is 2.72. The first-order chi connectivity index (χ1) is 7.38. The normalized spacial score (nSPS) is 11.0. The maximum Gasteiger partial charge on any atom is 0.104 e. The molecule has 1 aromatic carbocycles. The summed E-state index contributed by atoms with van der Waals surface area (Å²) in [5, 5.41) is 5.43. The van der Waals surface area contributed by atoms with Crippen LogP contribution in [0.3, 0.4) is 0 Å². The molecular formula is C12H11N3. The van der Waals surface area contributed by atoms with E-state index in [0.29, 0.717) is 0 Å². The number of aromatic nitrogens is 2. The van der Waals surface area contributed by atoms with Crippen molar-refractivity contribution in [2.75, 3.05) is 12.4 Å². The summed E-state index contributed by atoms with van der Waals surface area (Å²) in [6.45, 7) is 0. The number of rotatable bonds is 1. The molecule has 0 saturated heterocycles. The van der Waals surface area contributed by atoms with Crippen LogP contribution < -0.4 is 5.32 Å². The van der Waals surface area contributed by atoms with E-state index < -0.39 is 0 Å². The third-order valence-electron chi connectivity index (χ3n) is 2.64. The van der Waals surface area contributed by atoms with Gasteiger partial charge in [0.2, 0.25) is 0 Å². The van der Waals surface area contributed by atoms with E-state index in [2.05, 4.69) is 39.6 Å². The fraction of sp³-hybridized carbons (Fsp3) is 0.0833. The van der Waals surface area contributed by atoms with Gasteiger partial charge in [-0.15, -0.1) is 0 Å². The number of aromatic amines is 1. The Bertz CT molecular complexity index is 625. The maximum atomic E-state index is 4.41. The van der Waals surface area contributed by atoms with E-state index in [1.165, 1.54) is 5.39 Å². The van der Waals surface area contributed by atoms with Crippen LogP contribution in [0, 0.1) is 0 Å². The molecule has 2 N–H and O–H groups in total. The highest BCUT2D eigenvalue weighted by Gasteiger charge is 2.03. The standard InChI is InChI=1S/C12H11N3/c1-13-11-7-9-10(15-11)5-4-8-3-2-6-14-12(8)9/h2-7,13,15H,1H3. The molecule has 0 unspecified atom stereocenters. The van der Waals surface area contributed by atoms with Gasteiger partial charge >= 0.3 is 0 Å². The lowest BCUT2D eigenvalue weighted by Crippen LogP contribution is -1.85. The number of nitrogens with zero attached hydrogens (tertiary/aromatic N) is 1. The van der Waals surface area contributed by atoms with E-state index in [1.54, 1.807) is 0 Å². The molecule has 2 heterocycles. The van der Waals surface area contributed by atoms with Gasteiger partial charge in [-0.1, -0.05) is 12.1 Å². The first-order valence-corrected chi connectivity index (χ1v) is 4.93. The van der Waals surface area contributed by atoms with Crippen LogP contribution in [0.2, 0.25) is 0 Å². The van der Waals surface area contributed by atoms with Gasteiger partial charge in [-0.25, -0.2) is 0 Å². The number of anilines is 1. The third-order valence-corrected chi connectivity index (χ3v) is 2.64. The molecule has 0 fully saturated rings. The molecule has 74 valence electrons. The Kier molecular flexibility index (Phi) is 1.65. The maximum absolute atomic E-state index is 4.41. The number of fused-ring (bicyclic) bond motifs is 3. The average molecular weight is 197 g/mol. The minimum atomic E-state index is 1.02. The number of hydrogen-bond acceptors (Lipinski definition) is 2. The van der Waals surface area contributed by atoms with Gasteiger partial charge in [0.05, 0.1) is 5.52 Å². The van der Waals surface area contributed by atoms with E-state index in [0.717, 1.165) is 22.2 Å². The monoisotopic (exact) mass is 197 g/mol. The van der Waals surface area contributed by atoms with Crippen molar-refractivity contribution in [3.63, 3.8) is 0 Å². The molecule has 3 aromatic rings. The zero-order valence-corrected chi connectivity index (χ0v) is 8.41. The second-order valence-corrected chi connectivity index (χ2v) is 3.53. The van der Waals surface area contributed by atoms with E-state index in [1.807, 2.05) is 19.3 Å². The molecule has 15 heavy (non-hydrogen) atoms. The second kappa shape index (κ2) is 2.98. The highest BCUT2D eigenvalue weighted by Crippen LogP contribution is 2.25. The van der Waals surface area contributed by atoms with Crippen LogP contribution in [0.15, 0.2) is 36.5 Å². The Balaban J connectivity index is 2.47. The molecule has 0 atom stereocenters. The second-order valence-electron chi connectivity index (χ2n) is 3.53. The third kappa shape index (κ3) is 1.16. The zero-order chi connectivity index (χ0) is 10.3. The van der Waals surface area contributed by atoms with Crippen LogP contribution in [0.4, 0.5) is 5.82 Å². The molecule has 3 rings (SSSR count). The zero-order valence-electron chi connectivity index (χ0n) is 8.41. The van der Waals surface area contributed by atoms with Crippen LogP contribution in [-0.2, 0) is 0 Å². The van der Waals surface area contributed by atoms with Crippen molar-refractivity contribution in [2.45, 2.75) is 0 Å². The van der Waals surface area contributed by atoms with Crippen LogP contribution in [0.5, 0.6) is 0 Å². The van der Waals surface area contributed by atoms with Gasteiger partial charge in [0, 0.05) is 29.5 Å². The Labute approximate surface area is 87.1 Å². The Morgan fingerprint density at radius 2 is 2.20 bits per heavy atom. The van der Waals surface area contributed by atoms with Crippen LogP contribution in [0.25, 0.3) is 21.8 Å². The fourth-order valence-electron chi connectivity index (χ4n) is 1.88. The summed E-state index contributed by atoms with van der Waals surface area (Å²) in [5.41, 5.74) is 2.17. The summed E-state index contributed by atoms with van der Waals surface area (Å²) in [4.78, 5) is 7.70.